The molecule has 0 aliphatic heterocycles. The van der Waals surface area contributed by atoms with Crippen LogP contribution in [0, 0.1) is 0 Å². The van der Waals surface area contributed by atoms with Crippen LogP contribution in [0.3, 0.4) is 0 Å². The number of rotatable bonds is 2. The first-order valence-electron chi connectivity index (χ1n) is 4.14. The predicted octanol–water partition coefficient (Wildman–Crippen LogP) is 3.46. The van der Waals surface area contributed by atoms with Crippen molar-refractivity contribution in [1.29, 1.82) is 0 Å². The smallest absolute Gasteiger partial charge is 0.416 e. The van der Waals surface area contributed by atoms with E-state index in [1.54, 1.807) is 0 Å². The third-order valence-corrected chi connectivity index (χ3v) is 1.90. The molecule has 0 aliphatic carbocycles. The van der Waals surface area contributed by atoms with Gasteiger partial charge < -0.3 is 5.11 Å². The lowest BCUT2D eigenvalue weighted by Gasteiger charge is -2.14. The monoisotopic (exact) mass is 262 g/mol. The van der Waals surface area contributed by atoms with Crippen LogP contribution in [-0.4, -0.2) is 23.4 Å². The summed E-state index contributed by atoms with van der Waals surface area (Å²) in [5, 5.41) is 8.43. The number of alkyl halides is 6. The van der Waals surface area contributed by atoms with E-state index in [1.165, 1.54) is 0 Å². The Kier molecular flexibility index (Phi) is 4.39. The Hall–Kier alpha value is -1.47. The molecule has 0 atom stereocenters. The molecule has 0 fully saturated rings. The minimum absolute atomic E-state index is 0.675. The van der Waals surface area contributed by atoms with Crippen molar-refractivity contribution in [2.75, 3.05) is 0 Å². The largest absolute Gasteiger partial charge is 0.478 e. The molecule has 0 heterocycles. The van der Waals surface area contributed by atoms with Crippen LogP contribution < -0.4 is 0 Å². The van der Waals surface area contributed by atoms with E-state index in [4.69, 9.17) is 5.11 Å². The summed E-state index contributed by atoms with van der Waals surface area (Å²) in [6.07, 6.45) is -11.4. The van der Waals surface area contributed by atoms with Gasteiger partial charge in [0.15, 0.2) is 0 Å². The number of halogens is 6. The highest BCUT2D eigenvalue weighted by Crippen LogP contribution is 2.35. The van der Waals surface area contributed by atoms with E-state index in [0.29, 0.717) is 6.92 Å². The lowest BCUT2D eigenvalue weighted by atomic mass is 10.0. The van der Waals surface area contributed by atoms with Crippen LogP contribution in [0.1, 0.15) is 13.8 Å². The average molecular weight is 262 g/mol. The molecule has 0 aliphatic rings. The number of carbonyl (C=O) groups is 1. The van der Waals surface area contributed by atoms with Crippen LogP contribution in [-0.2, 0) is 4.79 Å². The number of hydrogen-bond donors (Lipinski definition) is 1. The zero-order valence-electron chi connectivity index (χ0n) is 8.70. The summed E-state index contributed by atoms with van der Waals surface area (Å²) < 4.78 is 72.7. The van der Waals surface area contributed by atoms with E-state index in [-0.39, 0.29) is 0 Å². The van der Waals surface area contributed by atoms with Crippen LogP contribution in [0.25, 0.3) is 0 Å². The van der Waals surface area contributed by atoms with Crippen LogP contribution in [0.15, 0.2) is 22.8 Å². The van der Waals surface area contributed by atoms with Gasteiger partial charge in [0.25, 0.3) is 0 Å². The Balaban J connectivity index is 5.78. The zero-order chi connectivity index (χ0) is 14.0. The third-order valence-electron chi connectivity index (χ3n) is 1.90. The lowest BCUT2D eigenvalue weighted by Crippen LogP contribution is -2.19. The quantitative estimate of drug-likeness (QED) is 0.470. The molecule has 0 aromatic rings. The van der Waals surface area contributed by atoms with Crippen molar-refractivity contribution in [1.82, 2.24) is 0 Å². The molecular formula is C9H8F6O2. The van der Waals surface area contributed by atoms with Crippen molar-refractivity contribution in [3.63, 3.8) is 0 Å². The molecular weight excluding hydrogens is 254 g/mol. The fourth-order valence-corrected chi connectivity index (χ4v) is 0.929. The summed E-state index contributed by atoms with van der Waals surface area (Å²) in [6.45, 7) is 1.47. The molecule has 0 radical (unpaired) electrons. The fourth-order valence-electron chi connectivity index (χ4n) is 0.929. The maximum atomic E-state index is 12.3. The van der Waals surface area contributed by atoms with E-state index >= 15 is 0 Å². The number of hydrogen-bond acceptors (Lipinski definition) is 1. The van der Waals surface area contributed by atoms with E-state index in [0.717, 1.165) is 6.92 Å². The molecule has 0 saturated heterocycles. The van der Waals surface area contributed by atoms with E-state index < -0.39 is 41.1 Å². The van der Waals surface area contributed by atoms with E-state index in [1.807, 2.05) is 0 Å². The maximum Gasteiger partial charge on any atom is 0.416 e. The molecule has 0 bridgehead atoms. The first-order valence-corrected chi connectivity index (χ1v) is 4.14. The third kappa shape index (κ3) is 4.92. The second-order valence-electron chi connectivity index (χ2n) is 3.15. The van der Waals surface area contributed by atoms with Gasteiger partial charge >= 0.3 is 18.3 Å². The SMILES string of the molecule is C/C(C(=O)O)=C(C)/C(=C/C(F)(F)F)C(F)(F)F. The van der Waals surface area contributed by atoms with Crippen molar-refractivity contribution in [3.05, 3.63) is 22.8 Å². The normalized spacial score (nSPS) is 15.6. The molecule has 0 unspecified atom stereocenters. The Labute approximate surface area is 92.2 Å². The molecule has 2 nitrogen and oxygen atoms in total. The molecule has 0 amide bonds. The van der Waals surface area contributed by atoms with Crippen LogP contribution >= 0.6 is 0 Å². The van der Waals surface area contributed by atoms with Crippen molar-refractivity contribution < 1.29 is 36.2 Å². The number of aliphatic carboxylic acids is 1. The minimum Gasteiger partial charge on any atom is -0.478 e. The van der Waals surface area contributed by atoms with Gasteiger partial charge in [0.1, 0.15) is 0 Å². The van der Waals surface area contributed by atoms with Crippen LogP contribution in [0.2, 0.25) is 0 Å². The minimum atomic E-state index is -5.27. The van der Waals surface area contributed by atoms with E-state index in [2.05, 4.69) is 0 Å². The summed E-state index contributed by atoms with van der Waals surface area (Å²) >= 11 is 0. The van der Waals surface area contributed by atoms with Crippen LogP contribution in [0.5, 0.6) is 0 Å². The number of carboxylic acid groups (broad SMARTS) is 1. The molecule has 0 aromatic carbocycles. The topological polar surface area (TPSA) is 37.3 Å². The molecule has 0 aromatic heterocycles. The molecule has 17 heavy (non-hydrogen) atoms. The highest BCUT2D eigenvalue weighted by Gasteiger charge is 2.40. The highest BCUT2D eigenvalue weighted by atomic mass is 19.4. The average Bonchev–Trinajstić information content (AvgIpc) is 2.08. The first kappa shape index (κ1) is 15.5. The van der Waals surface area contributed by atoms with Gasteiger partial charge in [-0.2, -0.15) is 26.3 Å². The predicted molar refractivity (Wildman–Crippen MR) is 46.2 cm³/mol. The lowest BCUT2D eigenvalue weighted by molar-refractivity contribution is -0.132. The van der Waals surface area contributed by atoms with Gasteiger partial charge in [0, 0.05) is 11.6 Å². The standard InChI is InChI=1S/C9H8F6O2/c1-4(5(2)7(16)17)6(9(13,14)15)3-8(10,11)12/h3H,1-2H3,(H,16,17)/b5-4-,6-3-. The summed E-state index contributed by atoms with van der Waals surface area (Å²) in [7, 11) is 0. The molecule has 8 heteroatoms. The first-order chi connectivity index (χ1) is 7.36. The second-order valence-corrected chi connectivity index (χ2v) is 3.15. The van der Waals surface area contributed by atoms with Crippen molar-refractivity contribution >= 4 is 5.97 Å². The van der Waals surface area contributed by atoms with Crippen molar-refractivity contribution in [2.45, 2.75) is 26.2 Å². The van der Waals surface area contributed by atoms with Gasteiger partial charge in [0.2, 0.25) is 0 Å². The Morgan fingerprint density at radius 1 is 1.00 bits per heavy atom. The number of allylic oxidation sites excluding steroid dienone is 3. The summed E-state index contributed by atoms with van der Waals surface area (Å²) in [5.41, 5.74) is -3.77. The van der Waals surface area contributed by atoms with Crippen molar-refractivity contribution in [2.24, 2.45) is 0 Å². The number of carboxylic acids is 1. The second kappa shape index (κ2) is 4.80. The summed E-state index contributed by atoms with van der Waals surface area (Å²) in [6, 6.07) is 0. The van der Waals surface area contributed by atoms with Gasteiger partial charge in [-0.1, -0.05) is 0 Å². The summed E-state index contributed by atoms with van der Waals surface area (Å²) in [5.74, 6) is -1.71. The van der Waals surface area contributed by atoms with Gasteiger partial charge in [-0.25, -0.2) is 4.79 Å². The molecule has 0 spiro atoms. The molecule has 98 valence electrons. The van der Waals surface area contributed by atoms with Crippen LogP contribution in [0.4, 0.5) is 26.3 Å². The Bertz CT molecular complexity index is 372. The van der Waals surface area contributed by atoms with Gasteiger partial charge in [-0.15, -0.1) is 0 Å². The van der Waals surface area contributed by atoms with Gasteiger partial charge in [0.05, 0.1) is 5.57 Å². The van der Waals surface area contributed by atoms with E-state index in [9.17, 15) is 31.1 Å². The Morgan fingerprint density at radius 3 is 1.65 bits per heavy atom. The molecule has 0 saturated carbocycles. The van der Waals surface area contributed by atoms with Gasteiger partial charge in [-0.3, -0.25) is 0 Å². The Morgan fingerprint density at radius 2 is 1.41 bits per heavy atom. The molecule has 0 rings (SSSR count). The fraction of sp³-hybridized carbons (Fsp3) is 0.444. The summed E-state index contributed by atoms with van der Waals surface area (Å²) in [4.78, 5) is 10.4. The van der Waals surface area contributed by atoms with Crippen molar-refractivity contribution in [3.8, 4) is 0 Å². The van der Waals surface area contributed by atoms with Gasteiger partial charge in [-0.05, 0) is 19.4 Å². The highest BCUT2D eigenvalue weighted by molar-refractivity contribution is 5.87. The zero-order valence-corrected chi connectivity index (χ0v) is 8.70. The maximum absolute atomic E-state index is 12.3. The molecule has 1 N–H and O–H groups in total.